The molecule has 0 radical (unpaired) electrons. The van der Waals surface area contributed by atoms with Crippen LogP contribution in [-0.4, -0.2) is 44.6 Å². The Morgan fingerprint density at radius 2 is 1.94 bits per heavy atom. The summed E-state index contributed by atoms with van der Waals surface area (Å²) in [6.45, 7) is 1.56. The van der Waals surface area contributed by atoms with E-state index in [-0.39, 0.29) is 30.7 Å². The topological polar surface area (TPSA) is 73.4 Å². The van der Waals surface area contributed by atoms with E-state index in [2.05, 4.69) is 4.98 Å². The van der Waals surface area contributed by atoms with Crippen LogP contribution in [0.3, 0.4) is 0 Å². The predicted molar refractivity (Wildman–Crippen MR) is 129 cm³/mol. The van der Waals surface area contributed by atoms with Gasteiger partial charge in [0.05, 0.1) is 0 Å². The van der Waals surface area contributed by atoms with Gasteiger partial charge in [0.1, 0.15) is 11.7 Å². The number of H-pyrrole nitrogens is 1. The molecule has 0 bridgehead atoms. The molecule has 34 heavy (non-hydrogen) atoms. The van der Waals surface area contributed by atoms with Crippen molar-refractivity contribution in [2.75, 3.05) is 0 Å². The Morgan fingerprint density at radius 1 is 1.18 bits per heavy atom. The van der Waals surface area contributed by atoms with E-state index in [4.69, 9.17) is 0 Å². The molecule has 1 aliphatic heterocycles. The van der Waals surface area contributed by atoms with Gasteiger partial charge in [-0.2, -0.15) is 0 Å². The molecule has 5 nitrogen and oxygen atoms in total. The van der Waals surface area contributed by atoms with Crippen LogP contribution in [0.2, 0.25) is 0 Å². The van der Waals surface area contributed by atoms with Gasteiger partial charge >= 0.3 is 5.97 Å². The van der Waals surface area contributed by atoms with Crippen LogP contribution in [0.25, 0.3) is 12.2 Å². The molecule has 1 saturated carbocycles. The number of aromatic nitrogens is 1. The largest absolute Gasteiger partial charge is 0.480 e. The Bertz CT molecular complexity index is 1190. The molecule has 0 spiro atoms. The quantitative estimate of drug-likeness (QED) is 0.706. The molecule has 5 unspecified atom stereocenters. The number of carbonyl (C=O) groups is 2. The van der Waals surface area contributed by atoms with Crippen molar-refractivity contribution < 1.29 is 19.1 Å². The van der Waals surface area contributed by atoms with Gasteiger partial charge in [0.25, 0.3) is 0 Å². The van der Waals surface area contributed by atoms with E-state index in [1.807, 2.05) is 42.6 Å². The second-order valence-corrected chi connectivity index (χ2v) is 10.4. The van der Waals surface area contributed by atoms with E-state index in [1.165, 1.54) is 0 Å². The van der Waals surface area contributed by atoms with Gasteiger partial charge in [0, 0.05) is 36.3 Å². The maximum Gasteiger partial charge on any atom is 0.326 e. The number of rotatable bonds is 5. The Labute approximate surface area is 199 Å². The molecule has 2 aromatic rings. The summed E-state index contributed by atoms with van der Waals surface area (Å²) >= 11 is 0. The van der Waals surface area contributed by atoms with Crippen molar-refractivity contribution in [1.29, 1.82) is 0 Å². The number of fused-ring (bicyclic) bond motifs is 2. The number of carbonyl (C=O) groups excluding carboxylic acids is 1. The first-order chi connectivity index (χ1) is 16.3. The normalized spacial score (nSPS) is 29.2. The molecule has 180 valence electrons. The molecule has 1 saturated heterocycles. The van der Waals surface area contributed by atoms with Gasteiger partial charge in [-0.1, -0.05) is 49.2 Å². The monoisotopic (exact) mass is 464 g/mol. The average Bonchev–Trinajstić information content (AvgIpc) is 3.23. The van der Waals surface area contributed by atoms with Crippen LogP contribution < -0.4 is 10.6 Å². The number of benzene rings is 1. The number of aliphatic carboxylic acids is 1. The Balaban J connectivity index is 1.52. The third-order valence-corrected chi connectivity index (χ3v) is 8.04. The summed E-state index contributed by atoms with van der Waals surface area (Å²) in [6.07, 6.45) is 11.5. The lowest BCUT2D eigenvalue weighted by molar-refractivity contribution is -0.158. The summed E-state index contributed by atoms with van der Waals surface area (Å²) in [4.78, 5) is 31.0. The van der Waals surface area contributed by atoms with Gasteiger partial charge < -0.3 is 15.0 Å². The van der Waals surface area contributed by atoms with E-state index in [0.29, 0.717) is 12.3 Å². The average molecular weight is 465 g/mol. The van der Waals surface area contributed by atoms with Crippen LogP contribution in [0.4, 0.5) is 4.39 Å². The lowest BCUT2D eigenvalue weighted by atomic mass is 9.75. The lowest BCUT2D eigenvalue weighted by Gasteiger charge is -2.47. The highest BCUT2D eigenvalue weighted by Crippen LogP contribution is 2.39. The van der Waals surface area contributed by atoms with Crippen LogP contribution in [0.15, 0.2) is 36.5 Å². The standard InChI is InChI=1S/C28H33FN2O3/c1-28(29)14-13-20-22(17-30-23(20)16-28)21(18-7-3-2-4-8-18)15-26(32)31-24-10-6-5-9-19(24)11-12-25(31)27(33)34/h2-4,7-8,13,16-17,19,21,24-25,30H,5-6,9-12,14-15H2,1H3,(H,33,34). The number of carboxylic acids is 1. The van der Waals surface area contributed by atoms with Crippen molar-refractivity contribution in [3.8, 4) is 0 Å². The molecule has 1 aromatic carbocycles. The fourth-order valence-corrected chi connectivity index (χ4v) is 6.37. The highest BCUT2D eigenvalue weighted by Gasteiger charge is 2.44. The second-order valence-electron chi connectivity index (χ2n) is 10.4. The molecule has 6 heteroatoms. The Kier molecular flexibility index (Phi) is 6.09. The molecule has 1 aromatic heterocycles. The van der Waals surface area contributed by atoms with E-state index >= 15 is 0 Å². The number of likely N-dealkylation sites (tertiary alicyclic amines) is 1. The summed E-state index contributed by atoms with van der Waals surface area (Å²) in [7, 11) is 0. The highest BCUT2D eigenvalue weighted by molar-refractivity contribution is 5.85. The van der Waals surface area contributed by atoms with Gasteiger partial charge in [0.15, 0.2) is 0 Å². The molecule has 5 atom stereocenters. The Morgan fingerprint density at radius 3 is 2.71 bits per heavy atom. The van der Waals surface area contributed by atoms with Gasteiger partial charge in [-0.3, -0.25) is 4.79 Å². The highest BCUT2D eigenvalue weighted by atomic mass is 19.1. The number of hydrogen-bond acceptors (Lipinski definition) is 2. The van der Waals surface area contributed by atoms with E-state index < -0.39 is 17.7 Å². The van der Waals surface area contributed by atoms with Gasteiger partial charge in [-0.25, -0.2) is 9.18 Å². The molecule has 2 N–H and O–H groups in total. The minimum absolute atomic E-state index is 0.0137. The van der Waals surface area contributed by atoms with Crippen LogP contribution >= 0.6 is 0 Å². The van der Waals surface area contributed by atoms with Crippen molar-refractivity contribution >= 4 is 24.0 Å². The fraction of sp³-hybridized carbons (Fsp3) is 0.500. The molecular formula is C28H33FN2O3. The first-order valence-corrected chi connectivity index (χ1v) is 12.5. The third-order valence-electron chi connectivity index (χ3n) is 8.04. The lowest BCUT2D eigenvalue weighted by Crippen LogP contribution is -2.57. The summed E-state index contributed by atoms with van der Waals surface area (Å²) in [5, 5.41) is 11.6. The number of halogens is 1. The molecular weight excluding hydrogens is 431 g/mol. The number of aromatic amines is 1. The van der Waals surface area contributed by atoms with Crippen molar-refractivity contribution in [3.63, 3.8) is 0 Å². The van der Waals surface area contributed by atoms with Gasteiger partial charge in [0.2, 0.25) is 5.91 Å². The second kappa shape index (κ2) is 9.05. The molecule has 2 fully saturated rings. The first-order valence-electron chi connectivity index (χ1n) is 12.5. The number of alkyl halides is 1. The number of carboxylic acid groups (broad SMARTS) is 1. The van der Waals surface area contributed by atoms with Crippen molar-refractivity contribution in [1.82, 2.24) is 9.88 Å². The minimum Gasteiger partial charge on any atom is -0.480 e. The summed E-state index contributed by atoms with van der Waals surface area (Å²) in [5.74, 6) is -0.838. The number of nitrogens with one attached hydrogen (secondary N) is 1. The van der Waals surface area contributed by atoms with Crippen LogP contribution in [0.1, 0.15) is 75.3 Å². The van der Waals surface area contributed by atoms with Gasteiger partial charge in [-0.15, -0.1) is 0 Å². The van der Waals surface area contributed by atoms with Crippen molar-refractivity contribution in [2.24, 2.45) is 5.92 Å². The predicted octanol–water partition coefficient (Wildman–Crippen LogP) is 3.86. The van der Waals surface area contributed by atoms with Crippen molar-refractivity contribution in [2.45, 2.75) is 82.0 Å². The zero-order chi connectivity index (χ0) is 23.9. The molecule has 2 aliphatic carbocycles. The molecule has 2 heterocycles. The van der Waals surface area contributed by atoms with Crippen LogP contribution in [-0.2, 0) is 9.59 Å². The Hall–Kier alpha value is -2.89. The summed E-state index contributed by atoms with van der Waals surface area (Å²) in [6, 6.07) is 9.14. The maximum atomic E-state index is 14.6. The number of hydrogen-bond donors (Lipinski definition) is 2. The van der Waals surface area contributed by atoms with Gasteiger partial charge in [-0.05, 0) is 60.9 Å². The molecule has 5 rings (SSSR count). The van der Waals surface area contributed by atoms with Crippen LogP contribution in [0.5, 0.6) is 0 Å². The van der Waals surface area contributed by atoms with E-state index in [0.717, 1.165) is 53.8 Å². The van der Waals surface area contributed by atoms with Crippen molar-refractivity contribution in [3.05, 3.63) is 58.2 Å². The third kappa shape index (κ3) is 4.30. The number of nitrogens with zero attached hydrogens (tertiary/aromatic N) is 1. The number of piperidine rings is 1. The van der Waals surface area contributed by atoms with E-state index in [9.17, 15) is 19.1 Å². The maximum absolute atomic E-state index is 14.6. The SMILES string of the molecule is CC1(F)C=c2[nH]cc(C(CC(=O)N3C(C(=O)O)CCC4CCCCC43)c3ccccc3)c2=CC1. The van der Waals surface area contributed by atoms with Crippen LogP contribution in [0, 0.1) is 5.92 Å². The minimum atomic E-state index is -1.40. The zero-order valence-electron chi connectivity index (χ0n) is 19.7. The molecule has 1 amide bonds. The zero-order valence-corrected chi connectivity index (χ0v) is 19.7. The first kappa shape index (κ1) is 22.9. The van der Waals surface area contributed by atoms with E-state index in [1.54, 1.807) is 17.9 Å². The summed E-state index contributed by atoms with van der Waals surface area (Å²) < 4.78 is 14.6. The number of amides is 1. The smallest absolute Gasteiger partial charge is 0.326 e. The summed E-state index contributed by atoms with van der Waals surface area (Å²) in [5.41, 5.74) is 0.570. The molecule has 3 aliphatic rings. The fourth-order valence-electron chi connectivity index (χ4n) is 6.37.